The van der Waals surface area contributed by atoms with Gasteiger partial charge in [0.25, 0.3) is 0 Å². The first kappa shape index (κ1) is 13.6. The minimum absolute atomic E-state index is 0.221. The molecule has 5 heteroatoms. The van der Waals surface area contributed by atoms with Crippen LogP contribution in [0.1, 0.15) is 17.5 Å². The summed E-state index contributed by atoms with van der Waals surface area (Å²) in [5.41, 5.74) is 6.92. The van der Waals surface area contributed by atoms with Gasteiger partial charge in [0, 0.05) is 6.54 Å². The molecule has 0 aliphatic carbocycles. The zero-order chi connectivity index (χ0) is 12.8. The van der Waals surface area contributed by atoms with E-state index < -0.39 is 12.0 Å². The number of carbonyl (C=O) groups is 1. The SMILES string of the molecule is Cc1cc(CNCCC(N)C(=O)O)ccc1F. The largest absolute Gasteiger partial charge is 0.480 e. The van der Waals surface area contributed by atoms with Gasteiger partial charge in [-0.2, -0.15) is 0 Å². The van der Waals surface area contributed by atoms with Crippen molar-refractivity contribution in [3.63, 3.8) is 0 Å². The third kappa shape index (κ3) is 4.50. The molecule has 1 atom stereocenters. The van der Waals surface area contributed by atoms with E-state index in [4.69, 9.17) is 10.8 Å². The Hall–Kier alpha value is -1.46. The molecule has 0 heterocycles. The lowest BCUT2D eigenvalue weighted by Gasteiger charge is -2.08. The zero-order valence-electron chi connectivity index (χ0n) is 9.74. The standard InChI is InChI=1S/C12H17FN2O2/c1-8-6-9(2-3-10(8)13)7-15-5-4-11(14)12(16)17/h2-3,6,11,15H,4-5,7,14H2,1H3,(H,16,17). The van der Waals surface area contributed by atoms with Crippen LogP contribution in [0.4, 0.5) is 4.39 Å². The third-order valence-electron chi connectivity index (χ3n) is 2.50. The topological polar surface area (TPSA) is 75.3 Å². The lowest BCUT2D eigenvalue weighted by molar-refractivity contribution is -0.138. The van der Waals surface area contributed by atoms with Gasteiger partial charge in [-0.1, -0.05) is 12.1 Å². The molecule has 0 aliphatic heterocycles. The summed E-state index contributed by atoms with van der Waals surface area (Å²) in [5.74, 6) is -1.22. The van der Waals surface area contributed by atoms with Crippen molar-refractivity contribution in [1.82, 2.24) is 5.32 Å². The van der Waals surface area contributed by atoms with Crippen molar-refractivity contribution < 1.29 is 14.3 Å². The summed E-state index contributed by atoms with van der Waals surface area (Å²) in [6, 6.07) is 4.05. The number of carboxylic acid groups (broad SMARTS) is 1. The van der Waals surface area contributed by atoms with Crippen molar-refractivity contribution in [2.45, 2.75) is 25.9 Å². The van der Waals surface area contributed by atoms with E-state index >= 15 is 0 Å². The van der Waals surface area contributed by atoms with Crippen molar-refractivity contribution in [1.29, 1.82) is 0 Å². The average molecular weight is 240 g/mol. The normalized spacial score (nSPS) is 12.4. The summed E-state index contributed by atoms with van der Waals surface area (Å²) in [7, 11) is 0. The number of hydrogen-bond donors (Lipinski definition) is 3. The molecule has 0 spiro atoms. The summed E-state index contributed by atoms with van der Waals surface area (Å²) in [6.07, 6.45) is 0.371. The number of benzene rings is 1. The molecule has 0 amide bonds. The zero-order valence-corrected chi connectivity index (χ0v) is 9.74. The Labute approximate surface area is 99.6 Å². The van der Waals surface area contributed by atoms with E-state index in [9.17, 15) is 9.18 Å². The van der Waals surface area contributed by atoms with Crippen molar-refractivity contribution in [2.75, 3.05) is 6.54 Å². The van der Waals surface area contributed by atoms with Crippen LogP contribution >= 0.6 is 0 Å². The van der Waals surface area contributed by atoms with Gasteiger partial charge in [0.2, 0.25) is 0 Å². The molecule has 0 radical (unpaired) electrons. The minimum atomic E-state index is -0.996. The molecular weight excluding hydrogens is 223 g/mol. The maximum Gasteiger partial charge on any atom is 0.320 e. The molecule has 94 valence electrons. The highest BCUT2D eigenvalue weighted by molar-refractivity contribution is 5.72. The number of rotatable bonds is 6. The number of carboxylic acids is 1. The Balaban J connectivity index is 2.31. The number of aryl methyl sites for hydroxylation is 1. The molecule has 0 saturated heterocycles. The summed E-state index contributed by atoms with van der Waals surface area (Å²) in [6.45, 7) is 2.80. The van der Waals surface area contributed by atoms with Crippen LogP contribution in [0.25, 0.3) is 0 Å². The van der Waals surface area contributed by atoms with Crippen molar-refractivity contribution in [2.24, 2.45) is 5.73 Å². The number of nitrogens with one attached hydrogen (secondary N) is 1. The monoisotopic (exact) mass is 240 g/mol. The van der Waals surface area contributed by atoms with Crippen LogP contribution in [0, 0.1) is 12.7 Å². The molecule has 1 aromatic carbocycles. The lowest BCUT2D eigenvalue weighted by Crippen LogP contribution is -2.33. The summed E-state index contributed by atoms with van der Waals surface area (Å²) in [5, 5.41) is 11.6. The van der Waals surface area contributed by atoms with Gasteiger partial charge < -0.3 is 16.2 Å². The molecule has 4 N–H and O–H groups in total. The van der Waals surface area contributed by atoms with Gasteiger partial charge in [-0.05, 0) is 37.1 Å². The molecule has 4 nitrogen and oxygen atoms in total. The molecule has 0 fully saturated rings. The predicted molar refractivity (Wildman–Crippen MR) is 63.1 cm³/mol. The molecule has 0 aliphatic rings. The number of hydrogen-bond acceptors (Lipinski definition) is 3. The van der Waals surface area contributed by atoms with E-state index in [0.717, 1.165) is 5.56 Å². The maximum atomic E-state index is 13.0. The van der Waals surface area contributed by atoms with E-state index in [1.54, 1.807) is 19.1 Å². The Bertz CT molecular complexity index is 396. The highest BCUT2D eigenvalue weighted by Gasteiger charge is 2.09. The van der Waals surface area contributed by atoms with Gasteiger partial charge in [-0.3, -0.25) is 4.79 Å². The van der Waals surface area contributed by atoms with Crippen molar-refractivity contribution >= 4 is 5.97 Å². The fraction of sp³-hybridized carbons (Fsp3) is 0.417. The molecule has 1 unspecified atom stereocenters. The van der Waals surface area contributed by atoms with Crippen LogP contribution in [0.2, 0.25) is 0 Å². The molecule has 17 heavy (non-hydrogen) atoms. The van der Waals surface area contributed by atoms with Gasteiger partial charge in [0.15, 0.2) is 0 Å². The van der Waals surface area contributed by atoms with Crippen molar-refractivity contribution in [3.8, 4) is 0 Å². The van der Waals surface area contributed by atoms with E-state index in [0.29, 0.717) is 25.1 Å². The minimum Gasteiger partial charge on any atom is -0.480 e. The molecule has 0 bridgehead atoms. The Morgan fingerprint density at radius 2 is 2.29 bits per heavy atom. The Kier molecular flexibility index (Phi) is 5.06. The smallest absolute Gasteiger partial charge is 0.320 e. The summed E-state index contributed by atoms with van der Waals surface area (Å²) >= 11 is 0. The molecule has 0 saturated carbocycles. The van der Waals surface area contributed by atoms with Crippen molar-refractivity contribution in [3.05, 3.63) is 35.1 Å². The van der Waals surface area contributed by atoms with Crippen LogP contribution < -0.4 is 11.1 Å². The molecular formula is C12H17FN2O2. The number of nitrogens with two attached hydrogens (primary N) is 1. The number of halogens is 1. The second kappa shape index (κ2) is 6.32. The second-order valence-corrected chi connectivity index (χ2v) is 3.99. The average Bonchev–Trinajstić information content (AvgIpc) is 2.28. The van der Waals surface area contributed by atoms with E-state index in [2.05, 4.69) is 5.32 Å². The van der Waals surface area contributed by atoms with Gasteiger partial charge in [-0.25, -0.2) is 4.39 Å². The number of aliphatic carboxylic acids is 1. The molecule has 0 aromatic heterocycles. The quantitative estimate of drug-likeness (QED) is 0.649. The lowest BCUT2D eigenvalue weighted by atomic mass is 10.1. The second-order valence-electron chi connectivity index (χ2n) is 3.99. The fourth-order valence-corrected chi connectivity index (χ4v) is 1.43. The van der Waals surface area contributed by atoms with Crippen LogP contribution in [0.15, 0.2) is 18.2 Å². The van der Waals surface area contributed by atoms with Crippen LogP contribution in [-0.4, -0.2) is 23.7 Å². The van der Waals surface area contributed by atoms with Crippen LogP contribution in [0.5, 0.6) is 0 Å². The third-order valence-corrected chi connectivity index (χ3v) is 2.50. The summed E-state index contributed by atoms with van der Waals surface area (Å²) < 4.78 is 13.0. The predicted octanol–water partition coefficient (Wildman–Crippen LogP) is 1.03. The van der Waals surface area contributed by atoms with Crippen LogP contribution in [0.3, 0.4) is 0 Å². The first-order valence-electron chi connectivity index (χ1n) is 5.45. The van der Waals surface area contributed by atoms with E-state index in [-0.39, 0.29) is 5.82 Å². The maximum absolute atomic E-state index is 13.0. The Morgan fingerprint density at radius 3 is 2.88 bits per heavy atom. The molecule has 1 rings (SSSR count). The molecule has 1 aromatic rings. The summed E-state index contributed by atoms with van der Waals surface area (Å²) in [4.78, 5) is 10.5. The van der Waals surface area contributed by atoms with Gasteiger partial charge in [-0.15, -0.1) is 0 Å². The first-order valence-corrected chi connectivity index (χ1v) is 5.45. The van der Waals surface area contributed by atoms with Gasteiger partial charge in [0.05, 0.1) is 0 Å². The van der Waals surface area contributed by atoms with E-state index in [1.807, 2.05) is 0 Å². The highest BCUT2D eigenvalue weighted by atomic mass is 19.1. The van der Waals surface area contributed by atoms with Crippen LogP contribution in [-0.2, 0) is 11.3 Å². The van der Waals surface area contributed by atoms with E-state index in [1.165, 1.54) is 6.07 Å². The van der Waals surface area contributed by atoms with Gasteiger partial charge in [0.1, 0.15) is 11.9 Å². The first-order chi connectivity index (χ1) is 8.00. The van der Waals surface area contributed by atoms with Gasteiger partial charge >= 0.3 is 5.97 Å². The Morgan fingerprint density at radius 1 is 1.59 bits per heavy atom. The highest BCUT2D eigenvalue weighted by Crippen LogP contribution is 2.08. The fourth-order valence-electron chi connectivity index (χ4n) is 1.43.